The number of aliphatic hydroxyl groups excluding tert-OH is 3. The summed E-state index contributed by atoms with van der Waals surface area (Å²) in [6.07, 6.45) is -2.61. The van der Waals surface area contributed by atoms with Gasteiger partial charge in [0.05, 0.1) is 37.9 Å². The van der Waals surface area contributed by atoms with Crippen LogP contribution in [0.15, 0.2) is 14.4 Å². The number of nitrogens with one attached hydrogen (secondary N) is 1. The molecule has 3 atom stereocenters. The van der Waals surface area contributed by atoms with Crippen LogP contribution in [0.25, 0.3) is 0 Å². The van der Waals surface area contributed by atoms with Gasteiger partial charge in [0, 0.05) is 65.4 Å². The summed E-state index contributed by atoms with van der Waals surface area (Å²) in [7, 11) is 2.03. The maximum Gasteiger partial charge on any atom is 0.336 e. The van der Waals surface area contributed by atoms with Gasteiger partial charge in [0.1, 0.15) is 0 Å². The molecule has 2 fully saturated rings. The van der Waals surface area contributed by atoms with Gasteiger partial charge in [-0.25, -0.2) is 28.1 Å². The molecule has 1 aromatic rings. The van der Waals surface area contributed by atoms with Crippen LogP contribution in [0.4, 0.5) is 0 Å². The second kappa shape index (κ2) is 12.9. The molecule has 2 aliphatic heterocycles. The summed E-state index contributed by atoms with van der Waals surface area (Å²) in [5.41, 5.74) is -2.59. The smallest absolute Gasteiger partial charge is 0.336 e. The van der Waals surface area contributed by atoms with Crippen molar-refractivity contribution in [3.63, 3.8) is 0 Å². The van der Waals surface area contributed by atoms with Crippen molar-refractivity contribution in [2.75, 3.05) is 72.5 Å². The Balaban J connectivity index is 1.84. The maximum atomic E-state index is 13.2. The van der Waals surface area contributed by atoms with E-state index in [-0.39, 0.29) is 26.2 Å². The molecule has 0 saturated carbocycles. The molecule has 13 nitrogen and oxygen atoms in total. The van der Waals surface area contributed by atoms with Crippen LogP contribution in [0.3, 0.4) is 0 Å². The minimum Gasteiger partial charge on any atom is -0.391 e. The minimum atomic E-state index is -0.996. The van der Waals surface area contributed by atoms with Gasteiger partial charge in [-0.1, -0.05) is 6.92 Å². The fourth-order valence-electron chi connectivity index (χ4n) is 4.55. The zero-order valence-electron chi connectivity index (χ0n) is 20.9. The first-order chi connectivity index (χ1) is 16.7. The first-order valence-corrected chi connectivity index (χ1v) is 12.5. The van der Waals surface area contributed by atoms with Crippen molar-refractivity contribution < 1.29 is 15.3 Å². The number of hydrogen-bond acceptors (Lipinski definition) is 10. The van der Waals surface area contributed by atoms with Crippen molar-refractivity contribution in [2.45, 2.75) is 51.3 Å². The van der Waals surface area contributed by atoms with E-state index in [9.17, 15) is 29.7 Å². The Hall–Kier alpha value is -1.87. The second-order valence-electron chi connectivity index (χ2n) is 9.70. The van der Waals surface area contributed by atoms with Crippen molar-refractivity contribution >= 4 is 0 Å². The zero-order chi connectivity index (χ0) is 25.5. The van der Waals surface area contributed by atoms with Gasteiger partial charge in [0.15, 0.2) is 0 Å². The van der Waals surface area contributed by atoms with Gasteiger partial charge in [-0.3, -0.25) is 9.80 Å². The third-order valence-electron chi connectivity index (χ3n) is 6.78. The van der Waals surface area contributed by atoms with Crippen LogP contribution < -0.4 is 22.4 Å². The van der Waals surface area contributed by atoms with Crippen LogP contribution in [0.1, 0.15) is 13.3 Å². The summed E-state index contributed by atoms with van der Waals surface area (Å²) >= 11 is 0. The van der Waals surface area contributed by atoms with E-state index in [4.69, 9.17) is 0 Å². The molecule has 1 aromatic heterocycles. The van der Waals surface area contributed by atoms with Crippen LogP contribution in [-0.4, -0.2) is 135 Å². The van der Waals surface area contributed by atoms with Crippen molar-refractivity contribution in [3.05, 3.63) is 31.5 Å². The molecule has 3 unspecified atom stereocenters. The summed E-state index contributed by atoms with van der Waals surface area (Å²) in [6, 6.07) is 0. The topological polar surface area (TPSA) is 148 Å². The lowest BCUT2D eigenvalue weighted by Crippen LogP contribution is -2.58. The molecule has 0 aliphatic carbocycles. The summed E-state index contributed by atoms with van der Waals surface area (Å²) < 4.78 is 2.52. The highest BCUT2D eigenvalue weighted by Gasteiger charge is 2.24. The van der Waals surface area contributed by atoms with E-state index in [2.05, 4.69) is 15.1 Å². The van der Waals surface area contributed by atoms with Gasteiger partial charge in [0.25, 0.3) is 0 Å². The molecule has 0 aromatic carbocycles. The quantitative estimate of drug-likeness (QED) is 0.236. The van der Waals surface area contributed by atoms with E-state index < -0.39 is 35.4 Å². The lowest BCUT2D eigenvalue weighted by molar-refractivity contribution is 0.0666. The molecule has 0 radical (unpaired) electrons. The third-order valence-corrected chi connectivity index (χ3v) is 6.78. The number of rotatable bonds is 11. The van der Waals surface area contributed by atoms with Crippen LogP contribution >= 0.6 is 0 Å². The summed E-state index contributed by atoms with van der Waals surface area (Å²) in [5, 5.41) is 34.7. The highest BCUT2D eigenvalue weighted by atomic mass is 16.3. The minimum absolute atomic E-state index is 0.267. The Morgan fingerprint density at radius 1 is 0.657 bits per heavy atom. The number of nitrogens with zero attached hydrogens (tertiary/aromatic N) is 6. The number of aliphatic hydroxyl groups is 3. The van der Waals surface area contributed by atoms with Crippen LogP contribution in [-0.2, 0) is 19.6 Å². The largest absolute Gasteiger partial charge is 0.391 e. The van der Waals surface area contributed by atoms with Crippen LogP contribution in [0, 0.1) is 0 Å². The van der Waals surface area contributed by atoms with Gasteiger partial charge >= 0.3 is 17.1 Å². The van der Waals surface area contributed by atoms with Gasteiger partial charge in [-0.2, -0.15) is 0 Å². The second-order valence-corrected chi connectivity index (χ2v) is 9.70. The zero-order valence-corrected chi connectivity index (χ0v) is 20.9. The van der Waals surface area contributed by atoms with Crippen molar-refractivity contribution in [2.24, 2.45) is 0 Å². The summed E-state index contributed by atoms with van der Waals surface area (Å²) in [6.45, 7) is 7.84. The number of β-amino-alcohol motifs (C(OH)–C–C–N with tert-alkyl or cyclic N) is 2. The highest BCUT2D eigenvalue weighted by molar-refractivity contribution is 4.84. The molecule has 0 bridgehead atoms. The van der Waals surface area contributed by atoms with Gasteiger partial charge < -0.3 is 25.5 Å². The summed E-state index contributed by atoms with van der Waals surface area (Å²) in [4.78, 5) is 45.6. The molecule has 2 aliphatic rings. The van der Waals surface area contributed by atoms with E-state index in [0.29, 0.717) is 13.0 Å². The molecule has 2 saturated heterocycles. The molecule has 200 valence electrons. The number of aromatic nitrogens is 3. The molecule has 0 spiro atoms. The van der Waals surface area contributed by atoms with Gasteiger partial charge in [-0.05, 0) is 13.5 Å². The van der Waals surface area contributed by atoms with E-state index >= 15 is 0 Å². The SMILES string of the molecule is CCC(O)Cn1c(=O)n(CC(O)CN2CCNCC2)c(=O)n(CC(O)CN2CCN(C)CC2)c1=O. The van der Waals surface area contributed by atoms with Crippen LogP contribution in [0.2, 0.25) is 0 Å². The Labute approximate surface area is 204 Å². The predicted molar refractivity (Wildman–Crippen MR) is 131 cm³/mol. The Morgan fingerprint density at radius 2 is 1.06 bits per heavy atom. The molecular formula is C22H41N7O6. The highest BCUT2D eigenvalue weighted by Crippen LogP contribution is 2.02. The normalized spacial score (nSPS) is 21.2. The van der Waals surface area contributed by atoms with E-state index in [1.54, 1.807) is 6.92 Å². The fraction of sp³-hybridized carbons (Fsp3) is 0.864. The Morgan fingerprint density at radius 3 is 1.49 bits per heavy atom. The molecule has 4 N–H and O–H groups in total. The van der Waals surface area contributed by atoms with Gasteiger partial charge in [0.2, 0.25) is 0 Å². The molecular weight excluding hydrogens is 458 g/mol. The molecule has 3 rings (SSSR count). The maximum absolute atomic E-state index is 13.2. The average Bonchev–Trinajstić information content (AvgIpc) is 2.84. The first kappa shape index (κ1) is 27.7. The van der Waals surface area contributed by atoms with E-state index in [1.807, 2.05) is 11.9 Å². The standard InChI is InChI=1S/C22H41N7O6/c1-3-17(30)14-27-20(33)28(15-18(31)12-25-6-4-23-5-7-25)22(35)29(21(27)34)16-19(32)13-26-10-8-24(2)9-11-26/h17-19,23,30-32H,3-16H2,1-2H3. The average molecular weight is 500 g/mol. The van der Waals surface area contributed by atoms with E-state index in [1.165, 1.54) is 0 Å². The fourth-order valence-corrected chi connectivity index (χ4v) is 4.55. The molecule has 3 heterocycles. The van der Waals surface area contributed by atoms with Gasteiger partial charge in [-0.15, -0.1) is 0 Å². The van der Waals surface area contributed by atoms with E-state index in [0.717, 1.165) is 66.1 Å². The van der Waals surface area contributed by atoms with Crippen molar-refractivity contribution in [1.82, 2.24) is 33.7 Å². The number of hydrogen-bond donors (Lipinski definition) is 4. The predicted octanol–water partition coefficient (Wildman–Crippen LogP) is -4.18. The monoisotopic (exact) mass is 499 g/mol. The lowest BCUT2D eigenvalue weighted by atomic mass is 10.2. The van der Waals surface area contributed by atoms with Crippen molar-refractivity contribution in [1.29, 1.82) is 0 Å². The summed E-state index contributed by atoms with van der Waals surface area (Å²) in [5.74, 6) is 0. The van der Waals surface area contributed by atoms with Crippen LogP contribution in [0.5, 0.6) is 0 Å². The number of piperazine rings is 2. The Kier molecular flexibility index (Phi) is 10.2. The molecule has 13 heteroatoms. The molecule has 0 amide bonds. The Bertz CT molecular complexity index is 978. The number of likely N-dealkylation sites (N-methyl/N-ethyl adjacent to an activating group) is 1. The molecule has 35 heavy (non-hydrogen) atoms. The van der Waals surface area contributed by atoms with Crippen molar-refractivity contribution in [3.8, 4) is 0 Å². The third kappa shape index (κ3) is 7.56. The first-order valence-electron chi connectivity index (χ1n) is 12.5. The lowest BCUT2D eigenvalue weighted by Gasteiger charge is -2.33.